The molecule has 0 saturated heterocycles. The van der Waals surface area contributed by atoms with Gasteiger partial charge < -0.3 is 19.9 Å². The Balaban J connectivity index is 3.49. The Morgan fingerprint density at radius 3 is 2.75 bits per heavy atom. The maximum atomic E-state index is 11.0. The van der Waals surface area contributed by atoms with E-state index >= 15 is 0 Å². The van der Waals surface area contributed by atoms with Crippen LogP contribution in [0, 0.1) is 0 Å². The predicted octanol–water partition coefficient (Wildman–Crippen LogP) is 0.315. The summed E-state index contributed by atoms with van der Waals surface area (Å²) < 4.78 is 9.79. The van der Waals surface area contributed by atoms with E-state index in [2.05, 4.69) is 17.0 Å². The van der Waals surface area contributed by atoms with Crippen LogP contribution in [-0.2, 0) is 14.3 Å². The molecule has 0 spiro atoms. The number of ether oxygens (including phenoxy) is 2. The zero-order valence-electron chi connectivity index (χ0n) is 10.4. The van der Waals surface area contributed by atoms with Crippen molar-refractivity contribution >= 4 is 5.97 Å². The first-order chi connectivity index (χ1) is 7.61. The zero-order valence-corrected chi connectivity index (χ0v) is 10.4. The van der Waals surface area contributed by atoms with Crippen molar-refractivity contribution < 1.29 is 19.4 Å². The van der Waals surface area contributed by atoms with Crippen LogP contribution >= 0.6 is 0 Å². The van der Waals surface area contributed by atoms with Crippen LogP contribution in [0.25, 0.3) is 0 Å². The molecule has 0 aromatic carbocycles. The summed E-state index contributed by atoms with van der Waals surface area (Å²) in [7, 11) is 1.34. The topological polar surface area (TPSA) is 67.8 Å². The second kappa shape index (κ2) is 9.57. The molecule has 5 nitrogen and oxygen atoms in total. The molecule has 0 radical (unpaired) electrons. The van der Waals surface area contributed by atoms with Gasteiger partial charge in [0.25, 0.3) is 0 Å². The molecule has 0 heterocycles. The SMILES string of the molecule is CCCCOCC(O)CNC(C)C(=O)OC. The van der Waals surface area contributed by atoms with Gasteiger partial charge in [0.15, 0.2) is 0 Å². The van der Waals surface area contributed by atoms with Crippen LogP contribution in [-0.4, -0.2) is 50.1 Å². The maximum Gasteiger partial charge on any atom is 0.322 e. The molecule has 0 bridgehead atoms. The minimum Gasteiger partial charge on any atom is -0.468 e. The van der Waals surface area contributed by atoms with Crippen LogP contribution in [0.15, 0.2) is 0 Å². The number of carbonyl (C=O) groups excluding carboxylic acids is 1. The van der Waals surface area contributed by atoms with Gasteiger partial charge in [-0.15, -0.1) is 0 Å². The normalized spacial score (nSPS) is 14.5. The van der Waals surface area contributed by atoms with E-state index in [1.54, 1.807) is 6.92 Å². The summed E-state index contributed by atoms with van der Waals surface area (Å²) in [5.41, 5.74) is 0. The number of carbonyl (C=O) groups is 1. The first-order valence-electron chi connectivity index (χ1n) is 5.68. The monoisotopic (exact) mass is 233 g/mol. The zero-order chi connectivity index (χ0) is 12.4. The Morgan fingerprint density at radius 1 is 1.50 bits per heavy atom. The van der Waals surface area contributed by atoms with Crippen LogP contribution in [0.4, 0.5) is 0 Å². The summed E-state index contributed by atoms with van der Waals surface area (Å²) in [6.07, 6.45) is 1.48. The standard InChI is InChI=1S/C11H23NO4/c1-4-5-6-16-8-10(13)7-12-9(2)11(14)15-3/h9-10,12-13H,4-8H2,1-3H3. The lowest BCUT2D eigenvalue weighted by atomic mass is 10.3. The molecule has 0 aliphatic rings. The lowest BCUT2D eigenvalue weighted by Crippen LogP contribution is -2.40. The molecule has 0 aliphatic heterocycles. The largest absolute Gasteiger partial charge is 0.468 e. The van der Waals surface area contributed by atoms with E-state index < -0.39 is 12.1 Å². The number of methoxy groups -OCH3 is 1. The first-order valence-corrected chi connectivity index (χ1v) is 5.68. The average molecular weight is 233 g/mol. The fourth-order valence-electron chi connectivity index (χ4n) is 1.10. The Kier molecular flexibility index (Phi) is 9.18. The number of rotatable bonds is 9. The van der Waals surface area contributed by atoms with Crippen molar-refractivity contribution in [3.63, 3.8) is 0 Å². The fraction of sp³-hybridized carbons (Fsp3) is 0.909. The lowest BCUT2D eigenvalue weighted by Gasteiger charge is -2.15. The highest BCUT2D eigenvalue weighted by Gasteiger charge is 2.13. The molecule has 0 fully saturated rings. The summed E-state index contributed by atoms with van der Waals surface area (Å²) in [5.74, 6) is -0.334. The van der Waals surface area contributed by atoms with Crippen LogP contribution in [0.2, 0.25) is 0 Å². The molecule has 0 rings (SSSR count). The van der Waals surface area contributed by atoms with Gasteiger partial charge in [-0.1, -0.05) is 13.3 Å². The number of esters is 1. The van der Waals surface area contributed by atoms with Gasteiger partial charge in [-0.25, -0.2) is 0 Å². The Morgan fingerprint density at radius 2 is 2.19 bits per heavy atom. The summed E-state index contributed by atoms with van der Waals surface area (Å²) in [5, 5.41) is 12.4. The number of hydrogen-bond acceptors (Lipinski definition) is 5. The van der Waals surface area contributed by atoms with E-state index in [1.165, 1.54) is 7.11 Å². The molecule has 2 atom stereocenters. The second-order valence-corrected chi connectivity index (χ2v) is 3.74. The van der Waals surface area contributed by atoms with Gasteiger partial charge in [-0.3, -0.25) is 4.79 Å². The van der Waals surface area contributed by atoms with E-state index in [0.717, 1.165) is 12.8 Å². The smallest absolute Gasteiger partial charge is 0.322 e. The molecule has 16 heavy (non-hydrogen) atoms. The number of nitrogens with one attached hydrogen (secondary N) is 1. The summed E-state index contributed by atoms with van der Waals surface area (Å²) in [6.45, 7) is 5.05. The average Bonchev–Trinajstić information content (AvgIpc) is 2.30. The highest BCUT2D eigenvalue weighted by molar-refractivity contribution is 5.75. The molecule has 0 amide bonds. The molecule has 5 heteroatoms. The summed E-state index contributed by atoms with van der Waals surface area (Å²) in [6, 6.07) is -0.407. The van der Waals surface area contributed by atoms with Crippen LogP contribution < -0.4 is 5.32 Å². The van der Waals surface area contributed by atoms with Crippen molar-refractivity contribution in [1.82, 2.24) is 5.32 Å². The van der Waals surface area contributed by atoms with Crippen LogP contribution in [0.3, 0.4) is 0 Å². The Labute approximate surface area is 97.1 Å². The quantitative estimate of drug-likeness (QED) is 0.443. The molecular weight excluding hydrogens is 210 g/mol. The van der Waals surface area contributed by atoms with Gasteiger partial charge in [0.2, 0.25) is 0 Å². The molecule has 0 aromatic heterocycles. The molecule has 2 unspecified atom stereocenters. The minimum absolute atomic E-state index is 0.293. The van der Waals surface area contributed by atoms with Gasteiger partial charge in [-0.05, 0) is 13.3 Å². The van der Waals surface area contributed by atoms with Crippen molar-refractivity contribution in [3.05, 3.63) is 0 Å². The second-order valence-electron chi connectivity index (χ2n) is 3.74. The van der Waals surface area contributed by atoms with E-state index in [0.29, 0.717) is 19.8 Å². The number of hydrogen-bond donors (Lipinski definition) is 2. The Hall–Kier alpha value is -0.650. The van der Waals surface area contributed by atoms with Gasteiger partial charge in [0.05, 0.1) is 19.8 Å². The predicted molar refractivity (Wildman–Crippen MR) is 61.2 cm³/mol. The minimum atomic E-state index is -0.594. The Bertz CT molecular complexity index is 187. The van der Waals surface area contributed by atoms with Crippen molar-refractivity contribution in [2.75, 3.05) is 26.9 Å². The van der Waals surface area contributed by atoms with E-state index in [1.807, 2.05) is 0 Å². The number of unbranched alkanes of at least 4 members (excludes halogenated alkanes) is 1. The van der Waals surface area contributed by atoms with Crippen molar-refractivity contribution in [3.8, 4) is 0 Å². The van der Waals surface area contributed by atoms with Crippen molar-refractivity contribution in [2.45, 2.75) is 38.8 Å². The first kappa shape index (κ1) is 15.3. The van der Waals surface area contributed by atoms with Gasteiger partial charge in [-0.2, -0.15) is 0 Å². The highest BCUT2D eigenvalue weighted by atomic mass is 16.5. The van der Waals surface area contributed by atoms with Gasteiger partial charge >= 0.3 is 5.97 Å². The maximum absolute atomic E-state index is 11.0. The molecule has 0 aliphatic carbocycles. The molecule has 0 aromatic rings. The third kappa shape index (κ3) is 7.62. The molecule has 2 N–H and O–H groups in total. The third-order valence-corrected chi connectivity index (χ3v) is 2.17. The third-order valence-electron chi connectivity index (χ3n) is 2.17. The highest BCUT2D eigenvalue weighted by Crippen LogP contribution is 1.92. The van der Waals surface area contributed by atoms with Crippen LogP contribution in [0.1, 0.15) is 26.7 Å². The van der Waals surface area contributed by atoms with Crippen molar-refractivity contribution in [1.29, 1.82) is 0 Å². The molecule has 96 valence electrons. The summed E-state index contributed by atoms with van der Waals surface area (Å²) >= 11 is 0. The van der Waals surface area contributed by atoms with Crippen LogP contribution in [0.5, 0.6) is 0 Å². The summed E-state index contributed by atoms with van der Waals surface area (Å²) in [4.78, 5) is 11.0. The molecular formula is C11H23NO4. The number of aliphatic hydroxyl groups excluding tert-OH is 1. The van der Waals surface area contributed by atoms with E-state index in [4.69, 9.17) is 4.74 Å². The van der Waals surface area contributed by atoms with Crippen molar-refractivity contribution in [2.24, 2.45) is 0 Å². The van der Waals surface area contributed by atoms with E-state index in [-0.39, 0.29) is 5.97 Å². The fourth-order valence-corrected chi connectivity index (χ4v) is 1.10. The van der Waals surface area contributed by atoms with E-state index in [9.17, 15) is 9.90 Å². The van der Waals surface area contributed by atoms with Gasteiger partial charge in [0, 0.05) is 13.2 Å². The molecule has 0 saturated carbocycles. The number of aliphatic hydroxyl groups is 1. The lowest BCUT2D eigenvalue weighted by molar-refractivity contribution is -0.142. The van der Waals surface area contributed by atoms with Gasteiger partial charge in [0.1, 0.15) is 6.04 Å².